The molecule has 30 heteroatoms. The van der Waals surface area contributed by atoms with Gasteiger partial charge in [0.2, 0.25) is 11.9 Å². The predicted molar refractivity (Wildman–Crippen MR) is 243 cm³/mol. The van der Waals surface area contributed by atoms with Crippen LogP contribution in [0.25, 0.3) is 32.3 Å². The summed E-state index contributed by atoms with van der Waals surface area (Å²) < 4.78 is 157. The van der Waals surface area contributed by atoms with Gasteiger partial charge in [0.1, 0.15) is 14.7 Å². The Morgan fingerprint density at radius 2 is 1.12 bits per heavy atom. The van der Waals surface area contributed by atoms with Gasteiger partial charge in [-0.3, -0.25) is 18.2 Å². The first-order chi connectivity index (χ1) is 32.6. The Hall–Kier alpha value is -7.07. The zero-order chi connectivity index (χ0) is 49.5. The number of hydrogen-bond donors (Lipinski definition) is 7. The third kappa shape index (κ3) is 10.8. The van der Waals surface area contributed by atoms with E-state index >= 15 is 0 Å². The summed E-state index contributed by atoms with van der Waals surface area (Å²) in [5.41, 5.74) is -0.0136. The molecule has 0 amide bonds. The Morgan fingerprint density at radius 1 is 0.522 bits per heavy atom. The molecule has 1 aromatic heterocycles. The molecule has 0 spiro atoms. The van der Waals surface area contributed by atoms with Crippen LogP contribution in [-0.2, 0) is 49.8 Å². The Morgan fingerprint density at radius 3 is 1.78 bits per heavy atom. The smallest absolute Gasteiger partial charge is 0.315 e. The van der Waals surface area contributed by atoms with Gasteiger partial charge >= 0.3 is 6.08 Å². The molecule has 7 aromatic carbocycles. The lowest BCUT2D eigenvalue weighted by molar-refractivity contribution is -0.432. The number of nitrogens with one attached hydrogen (secondary N) is 2. The fourth-order valence-electron chi connectivity index (χ4n) is 6.81. The Labute approximate surface area is 391 Å². The van der Waals surface area contributed by atoms with Crippen LogP contribution in [0.3, 0.4) is 0 Å². The van der Waals surface area contributed by atoms with Crippen molar-refractivity contribution in [1.29, 1.82) is 0 Å². The average Bonchev–Trinajstić information content (AvgIpc) is 3.28. The van der Waals surface area contributed by atoms with Crippen LogP contribution >= 0.6 is 12.0 Å². The second-order valence-corrected chi connectivity index (χ2v) is 20.3. The monoisotopic (exact) mass is 1040 g/mol. The predicted octanol–water partition coefficient (Wildman–Crippen LogP) is 9.20. The molecular formula is C39H26FN9O15S5. The van der Waals surface area contributed by atoms with Crippen LogP contribution in [0.1, 0.15) is 0 Å². The highest BCUT2D eigenvalue weighted by Crippen LogP contribution is 2.42. The van der Waals surface area contributed by atoms with Crippen LogP contribution in [0, 0.1) is 6.08 Å². The third-order valence-corrected chi connectivity index (χ3v) is 13.7. The van der Waals surface area contributed by atoms with Crippen LogP contribution in [0.2, 0.25) is 0 Å². The molecule has 0 atom stereocenters. The number of aromatic nitrogens is 3. The number of halogens is 1. The quantitative estimate of drug-likeness (QED) is 0.0165. The summed E-state index contributed by atoms with van der Waals surface area (Å²) in [6.07, 6.45) is -1.32. The Balaban J connectivity index is 1.19. The highest BCUT2D eigenvalue weighted by atomic mass is 32.2. The van der Waals surface area contributed by atoms with Crippen molar-refractivity contribution in [2.45, 2.75) is 24.5 Å². The SMILES string of the molecule is O=S(=O)(O)c1cccc(Nc2nc(F)nc(Nc3ccc(N=Nc4ccc(N=Nc5cc(S(=O)(=O)O)c6cccc(S(=O)(=O)O)c6c5)c5cc(SOOO)ccc45)c4cccc(S(=O)(=O)O)c34)n2)c1. The summed E-state index contributed by atoms with van der Waals surface area (Å²) in [6, 6.07) is 24.2. The molecule has 8 aromatic rings. The van der Waals surface area contributed by atoms with Crippen LogP contribution in [0.4, 0.5) is 50.4 Å². The molecule has 0 aliphatic carbocycles. The van der Waals surface area contributed by atoms with Crippen molar-refractivity contribution >= 4 is 131 Å². The van der Waals surface area contributed by atoms with Crippen LogP contribution < -0.4 is 10.6 Å². The molecule has 1 heterocycles. The second kappa shape index (κ2) is 18.8. The van der Waals surface area contributed by atoms with Gasteiger partial charge in [0.15, 0.2) is 0 Å². The highest BCUT2D eigenvalue weighted by molar-refractivity contribution is 7.94. The summed E-state index contributed by atoms with van der Waals surface area (Å²) in [5, 5.41) is 34.9. The number of azo groups is 2. The highest BCUT2D eigenvalue weighted by Gasteiger charge is 2.23. The van der Waals surface area contributed by atoms with Crippen molar-refractivity contribution in [2.75, 3.05) is 10.6 Å². The molecule has 69 heavy (non-hydrogen) atoms. The summed E-state index contributed by atoms with van der Waals surface area (Å²) in [4.78, 5) is 9.07. The van der Waals surface area contributed by atoms with E-state index < -0.39 is 78.0 Å². The van der Waals surface area contributed by atoms with Crippen LogP contribution in [0.5, 0.6) is 0 Å². The van der Waals surface area contributed by atoms with E-state index in [1.165, 1.54) is 72.8 Å². The van der Waals surface area contributed by atoms with E-state index in [0.717, 1.165) is 36.4 Å². The largest absolute Gasteiger partial charge is 0.324 e. The molecule has 0 saturated heterocycles. The molecule has 354 valence electrons. The van der Waals surface area contributed by atoms with Gasteiger partial charge in [-0.05, 0) is 78.9 Å². The zero-order valence-electron chi connectivity index (χ0n) is 33.8. The van der Waals surface area contributed by atoms with Crippen molar-refractivity contribution in [3.63, 3.8) is 0 Å². The first-order valence-electron chi connectivity index (χ1n) is 18.7. The van der Waals surface area contributed by atoms with E-state index in [1.54, 1.807) is 6.07 Å². The van der Waals surface area contributed by atoms with Gasteiger partial charge in [0, 0.05) is 42.9 Å². The van der Waals surface area contributed by atoms with E-state index in [0.29, 0.717) is 22.3 Å². The molecular weight excluding hydrogens is 1010 g/mol. The molecule has 0 fully saturated rings. The lowest BCUT2D eigenvalue weighted by Crippen LogP contribution is -2.07. The molecule has 0 radical (unpaired) electrons. The number of hydrogen-bond acceptors (Lipinski definition) is 21. The fourth-order valence-corrected chi connectivity index (χ4v) is 9.89. The van der Waals surface area contributed by atoms with Crippen molar-refractivity contribution < 1.29 is 70.9 Å². The molecule has 0 bridgehead atoms. The standard InChI is InChI=1S/C39H26FN9O15S5/c40-37-43-38(41-20-4-1-5-23(16-20)66(51,52)53)45-39(44-37)42-32-15-14-30(26-7-3-9-34(36(26)32)68(57,58)59)49-48-29-12-13-31(27-19-22(65-64-63-50)10-11-24(27)29)47-46-21-17-28-25(35(18-21)69(60,61)62)6-2-8-33(28)67(54,55)56/h1-19,50H,(H,51,52,53)(H,54,55,56)(H,57,58,59)(H,60,61,62)(H2,41,42,43,44,45). The fraction of sp³-hybridized carbons (Fsp3) is 0. The maximum absolute atomic E-state index is 14.8. The van der Waals surface area contributed by atoms with E-state index in [9.17, 15) is 56.3 Å². The van der Waals surface area contributed by atoms with Gasteiger partial charge in [-0.1, -0.05) is 41.4 Å². The first kappa shape index (κ1) is 48.4. The maximum Gasteiger partial charge on any atom is 0.315 e. The maximum atomic E-state index is 14.8. The van der Waals surface area contributed by atoms with Gasteiger partial charge in [-0.15, -0.1) is 19.7 Å². The summed E-state index contributed by atoms with van der Waals surface area (Å²) in [7, 11) is -19.4. The van der Waals surface area contributed by atoms with Gasteiger partial charge in [0.05, 0.1) is 45.4 Å². The molecule has 7 N–H and O–H groups in total. The van der Waals surface area contributed by atoms with E-state index in [-0.39, 0.29) is 61.1 Å². The van der Waals surface area contributed by atoms with Crippen molar-refractivity contribution in [3.05, 3.63) is 121 Å². The third-order valence-electron chi connectivity index (χ3n) is 9.60. The average molecular weight is 1040 g/mol. The number of fused-ring (bicyclic) bond motifs is 3. The molecule has 8 rings (SSSR count). The lowest BCUT2D eigenvalue weighted by atomic mass is 10.1. The minimum absolute atomic E-state index is 0.0315. The van der Waals surface area contributed by atoms with Crippen molar-refractivity contribution in [3.8, 4) is 0 Å². The minimum atomic E-state index is -4.98. The molecule has 0 aliphatic rings. The normalized spacial score (nSPS) is 12.7. The number of benzene rings is 7. The lowest BCUT2D eigenvalue weighted by Gasteiger charge is -2.13. The van der Waals surface area contributed by atoms with Gasteiger partial charge in [-0.2, -0.15) is 58.1 Å². The molecule has 24 nitrogen and oxygen atoms in total. The van der Waals surface area contributed by atoms with Gasteiger partial charge < -0.3 is 10.6 Å². The Bertz CT molecular complexity index is 3950. The molecule has 0 aliphatic heterocycles. The zero-order valence-corrected chi connectivity index (χ0v) is 37.9. The summed E-state index contributed by atoms with van der Waals surface area (Å²) in [5.74, 6) is -0.910. The van der Waals surface area contributed by atoms with Crippen LogP contribution in [-0.4, -0.2) is 72.1 Å². The van der Waals surface area contributed by atoms with Gasteiger partial charge in [-0.25, -0.2) is 5.26 Å². The summed E-state index contributed by atoms with van der Waals surface area (Å²) >= 11 is 0.580. The first-order valence-corrected chi connectivity index (χ1v) is 25.2. The van der Waals surface area contributed by atoms with Gasteiger partial charge in [0.25, 0.3) is 40.5 Å². The number of anilines is 4. The minimum Gasteiger partial charge on any atom is -0.324 e. The van der Waals surface area contributed by atoms with E-state index in [1.807, 2.05) is 0 Å². The van der Waals surface area contributed by atoms with Crippen LogP contribution in [0.15, 0.2) is 160 Å². The van der Waals surface area contributed by atoms with E-state index in [4.69, 9.17) is 5.26 Å². The van der Waals surface area contributed by atoms with Crippen molar-refractivity contribution in [1.82, 2.24) is 15.0 Å². The summed E-state index contributed by atoms with van der Waals surface area (Å²) in [6.45, 7) is 0. The molecule has 0 saturated carbocycles. The second-order valence-electron chi connectivity index (χ2n) is 14.0. The number of rotatable bonds is 15. The topological polar surface area (TPSA) is 368 Å². The van der Waals surface area contributed by atoms with Crippen molar-refractivity contribution in [2.24, 2.45) is 20.5 Å². The number of nitrogens with zero attached hydrogens (tertiary/aromatic N) is 7. The molecule has 0 unspecified atom stereocenters. The Kier molecular flexibility index (Phi) is 13.2. The van der Waals surface area contributed by atoms with E-state index in [2.05, 4.69) is 55.4 Å².